The predicted octanol–water partition coefficient (Wildman–Crippen LogP) is 2.27. The zero-order chi connectivity index (χ0) is 11.5. The van der Waals surface area contributed by atoms with E-state index in [1.807, 2.05) is 0 Å². The first kappa shape index (κ1) is 11.6. The molecule has 88 valence electrons. The van der Waals surface area contributed by atoms with E-state index in [1.54, 1.807) is 0 Å². The third-order valence-corrected chi connectivity index (χ3v) is 3.71. The molecule has 16 heavy (non-hydrogen) atoms. The van der Waals surface area contributed by atoms with Gasteiger partial charge in [0.25, 0.3) is 0 Å². The van der Waals surface area contributed by atoms with Crippen LogP contribution in [0.1, 0.15) is 29.7 Å². The summed E-state index contributed by atoms with van der Waals surface area (Å²) in [6, 6.07) is 7.39. The number of hydrogen-bond donors (Lipinski definition) is 1. The van der Waals surface area contributed by atoms with Crippen molar-refractivity contribution in [2.75, 3.05) is 26.2 Å². The van der Waals surface area contributed by atoms with Crippen molar-refractivity contribution in [3.05, 3.63) is 34.9 Å². The van der Waals surface area contributed by atoms with Crippen LogP contribution >= 0.6 is 0 Å². The largest absolute Gasteiger partial charge is 0.314 e. The maximum Gasteiger partial charge on any atom is 0.0321 e. The Morgan fingerprint density at radius 1 is 1.12 bits per heavy atom. The van der Waals surface area contributed by atoms with Crippen LogP contribution in [-0.2, 0) is 0 Å². The quantitative estimate of drug-likeness (QED) is 0.819. The first-order valence-corrected chi connectivity index (χ1v) is 6.20. The predicted molar refractivity (Wildman–Crippen MR) is 68.8 cm³/mol. The van der Waals surface area contributed by atoms with Gasteiger partial charge >= 0.3 is 0 Å². The van der Waals surface area contributed by atoms with Gasteiger partial charge in [-0.25, -0.2) is 0 Å². The van der Waals surface area contributed by atoms with Crippen LogP contribution in [0.3, 0.4) is 0 Å². The van der Waals surface area contributed by atoms with E-state index < -0.39 is 0 Å². The molecular formula is C14H22N2. The monoisotopic (exact) mass is 218 g/mol. The molecule has 1 aliphatic rings. The molecule has 0 spiro atoms. The minimum absolute atomic E-state index is 0.543. The van der Waals surface area contributed by atoms with Gasteiger partial charge in [0.15, 0.2) is 0 Å². The van der Waals surface area contributed by atoms with Crippen molar-refractivity contribution in [1.82, 2.24) is 10.2 Å². The van der Waals surface area contributed by atoms with Crippen LogP contribution in [0, 0.1) is 13.8 Å². The van der Waals surface area contributed by atoms with Gasteiger partial charge in [0.2, 0.25) is 0 Å². The molecule has 1 saturated heterocycles. The number of rotatable bonds is 2. The highest BCUT2D eigenvalue weighted by atomic mass is 15.2. The zero-order valence-corrected chi connectivity index (χ0v) is 10.6. The van der Waals surface area contributed by atoms with Crippen LogP contribution < -0.4 is 5.32 Å². The van der Waals surface area contributed by atoms with Crippen LogP contribution in [-0.4, -0.2) is 31.1 Å². The van der Waals surface area contributed by atoms with Crippen molar-refractivity contribution in [2.45, 2.75) is 26.8 Å². The summed E-state index contributed by atoms with van der Waals surface area (Å²) in [7, 11) is 0. The minimum atomic E-state index is 0.543. The second-order valence-corrected chi connectivity index (χ2v) is 4.81. The third kappa shape index (κ3) is 2.45. The lowest BCUT2D eigenvalue weighted by Gasteiger charge is -2.33. The standard InChI is InChI=1S/C14H22N2/c1-11-4-5-14(10-12(11)2)13(3)16-8-6-15-7-9-16/h4-5,10,13,15H,6-9H2,1-3H3/t13-/m0/s1. The fourth-order valence-corrected chi connectivity index (χ4v) is 2.30. The molecule has 1 aliphatic heterocycles. The Morgan fingerprint density at radius 3 is 2.44 bits per heavy atom. The van der Waals surface area contributed by atoms with E-state index in [9.17, 15) is 0 Å². The fourth-order valence-electron chi connectivity index (χ4n) is 2.30. The molecule has 2 nitrogen and oxygen atoms in total. The molecule has 1 aromatic rings. The lowest BCUT2D eigenvalue weighted by Crippen LogP contribution is -2.44. The smallest absolute Gasteiger partial charge is 0.0321 e. The van der Waals surface area contributed by atoms with Gasteiger partial charge in [-0.15, -0.1) is 0 Å². The summed E-state index contributed by atoms with van der Waals surface area (Å²) in [6.45, 7) is 11.2. The Morgan fingerprint density at radius 2 is 1.81 bits per heavy atom. The van der Waals surface area contributed by atoms with E-state index in [-0.39, 0.29) is 0 Å². The fraction of sp³-hybridized carbons (Fsp3) is 0.571. The first-order chi connectivity index (χ1) is 7.68. The van der Waals surface area contributed by atoms with Crippen molar-refractivity contribution in [3.8, 4) is 0 Å². The van der Waals surface area contributed by atoms with E-state index in [1.165, 1.54) is 16.7 Å². The molecule has 1 heterocycles. The van der Waals surface area contributed by atoms with Gasteiger partial charge in [-0.05, 0) is 37.5 Å². The van der Waals surface area contributed by atoms with E-state index in [2.05, 4.69) is 49.2 Å². The molecule has 0 radical (unpaired) electrons. The van der Waals surface area contributed by atoms with Gasteiger partial charge in [-0.3, -0.25) is 4.90 Å². The van der Waals surface area contributed by atoms with Crippen LogP contribution in [0.2, 0.25) is 0 Å². The van der Waals surface area contributed by atoms with Gasteiger partial charge in [-0.1, -0.05) is 18.2 Å². The topological polar surface area (TPSA) is 15.3 Å². The number of nitrogens with one attached hydrogen (secondary N) is 1. The number of piperazine rings is 1. The molecule has 1 fully saturated rings. The molecule has 0 amide bonds. The van der Waals surface area contributed by atoms with Crippen molar-refractivity contribution < 1.29 is 0 Å². The summed E-state index contributed by atoms with van der Waals surface area (Å²) in [5.41, 5.74) is 4.24. The highest BCUT2D eigenvalue weighted by molar-refractivity contribution is 5.31. The number of aryl methyl sites for hydroxylation is 2. The normalized spacial score (nSPS) is 19.7. The molecule has 0 aliphatic carbocycles. The highest BCUT2D eigenvalue weighted by Crippen LogP contribution is 2.22. The lowest BCUT2D eigenvalue weighted by molar-refractivity contribution is 0.185. The SMILES string of the molecule is Cc1ccc([C@H](C)N2CCNCC2)cc1C. The maximum atomic E-state index is 3.40. The number of hydrogen-bond acceptors (Lipinski definition) is 2. The van der Waals surface area contributed by atoms with Gasteiger partial charge in [-0.2, -0.15) is 0 Å². The number of nitrogens with zero attached hydrogens (tertiary/aromatic N) is 1. The van der Waals surface area contributed by atoms with Crippen molar-refractivity contribution in [3.63, 3.8) is 0 Å². The van der Waals surface area contributed by atoms with Gasteiger partial charge in [0.05, 0.1) is 0 Å². The Bertz CT molecular complexity index is 354. The second kappa shape index (κ2) is 4.98. The second-order valence-electron chi connectivity index (χ2n) is 4.81. The molecule has 0 saturated carbocycles. The summed E-state index contributed by atoms with van der Waals surface area (Å²) >= 11 is 0. The summed E-state index contributed by atoms with van der Waals surface area (Å²) < 4.78 is 0. The molecule has 1 atom stereocenters. The van der Waals surface area contributed by atoms with E-state index in [0.717, 1.165) is 26.2 Å². The first-order valence-electron chi connectivity index (χ1n) is 6.20. The molecule has 2 rings (SSSR count). The van der Waals surface area contributed by atoms with E-state index in [4.69, 9.17) is 0 Å². The van der Waals surface area contributed by atoms with Crippen molar-refractivity contribution >= 4 is 0 Å². The highest BCUT2D eigenvalue weighted by Gasteiger charge is 2.17. The van der Waals surface area contributed by atoms with Gasteiger partial charge in [0.1, 0.15) is 0 Å². The van der Waals surface area contributed by atoms with Gasteiger partial charge in [0, 0.05) is 32.2 Å². The Hall–Kier alpha value is -0.860. The zero-order valence-electron chi connectivity index (χ0n) is 10.6. The average molecular weight is 218 g/mol. The number of benzene rings is 1. The Labute approximate surface area is 98.7 Å². The molecule has 0 aromatic heterocycles. The van der Waals surface area contributed by atoms with E-state index >= 15 is 0 Å². The Balaban J connectivity index is 2.12. The van der Waals surface area contributed by atoms with Crippen LogP contribution in [0.4, 0.5) is 0 Å². The third-order valence-electron chi connectivity index (χ3n) is 3.71. The van der Waals surface area contributed by atoms with Crippen LogP contribution in [0.25, 0.3) is 0 Å². The molecule has 0 bridgehead atoms. The molecule has 0 unspecified atom stereocenters. The Kier molecular flexibility index (Phi) is 3.62. The maximum absolute atomic E-state index is 3.40. The molecule has 1 aromatic carbocycles. The van der Waals surface area contributed by atoms with Crippen molar-refractivity contribution in [1.29, 1.82) is 0 Å². The van der Waals surface area contributed by atoms with Crippen LogP contribution in [0.15, 0.2) is 18.2 Å². The summed E-state index contributed by atoms with van der Waals surface area (Å²) in [5, 5.41) is 3.40. The van der Waals surface area contributed by atoms with Crippen molar-refractivity contribution in [2.24, 2.45) is 0 Å². The van der Waals surface area contributed by atoms with Gasteiger partial charge < -0.3 is 5.32 Å². The van der Waals surface area contributed by atoms with Crippen LogP contribution in [0.5, 0.6) is 0 Å². The minimum Gasteiger partial charge on any atom is -0.314 e. The summed E-state index contributed by atoms with van der Waals surface area (Å²) in [4.78, 5) is 2.56. The summed E-state index contributed by atoms with van der Waals surface area (Å²) in [6.07, 6.45) is 0. The molecule has 2 heteroatoms. The molecular weight excluding hydrogens is 196 g/mol. The lowest BCUT2D eigenvalue weighted by atomic mass is 10.0. The van der Waals surface area contributed by atoms with E-state index in [0.29, 0.717) is 6.04 Å². The average Bonchev–Trinajstić information content (AvgIpc) is 2.33. The molecule has 1 N–H and O–H groups in total. The summed E-state index contributed by atoms with van der Waals surface area (Å²) in [5.74, 6) is 0.